The van der Waals surface area contributed by atoms with Crippen LogP contribution in [0.15, 0.2) is 12.4 Å². The number of hydrogen-bond acceptors (Lipinski definition) is 3. The van der Waals surface area contributed by atoms with Crippen molar-refractivity contribution in [1.82, 2.24) is 20.2 Å². The van der Waals surface area contributed by atoms with Crippen LogP contribution in [0.4, 0.5) is 4.79 Å². The lowest BCUT2D eigenvalue weighted by molar-refractivity contribution is 0.0732. The lowest BCUT2D eigenvalue weighted by Crippen LogP contribution is -2.45. The Labute approximate surface area is 119 Å². The number of nitrogens with one attached hydrogen (secondary N) is 2. The Hall–Kier alpha value is -1.56. The van der Waals surface area contributed by atoms with Crippen LogP contribution in [0.3, 0.4) is 0 Å². The van der Waals surface area contributed by atoms with Crippen LogP contribution < -0.4 is 10.6 Å². The predicted octanol–water partition coefficient (Wildman–Crippen LogP) is 1.52. The zero-order chi connectivity index (χ0) is 14.4. The molecule has 0 aliphatic carbocycles. The molecule has 0 saturated carbocycles. The third kappa shape index (κ3) is 4.52. The lowest BCUT2D eigenvalue weighted by atomic mass is 10.1. The van der Waals surface area contributed by atoms with Gasteiger partial charge in [-0.3, -0.25) is 0 Å². The van der Waals surface area contributed by atoms with Crippen LogP contribution in [0.5, 0.6) is 0 Å². The van der Waals surface area contributed by atoms with E-state index in [9.17, 15) is 4.79 Å². The molecule has 0 unspecified atom stereocenters. The molecule has 0 radical (unpaired) electrons. The van der Waals surface area contributed by atoms with E-state index in [-0.39, 0.29) is 12.1 Å². The summed E-state index contributed by atoms with van der Waals surface area (Å²) >= 11 is 0. The molecule has 2 rings (SSSR count). The number of carbonyl (C=O) groups excluding carboxylic acids is 1. The van der Waals surface area contributed by atoms with Gasteiger partial charge in [-0.1, -0.05) is 13.8 Å². The van der Waals surface area contributed by atoms with E-state index in [2.05, 4.69) is 34.0 Å². The average molecular weight is 280 g/mol. The number of urea groups is 1. The fraction of sp³-hybridized carbons (Fsp3) is 0.714. The SMILES string of the molecule is CC(C)Cn1ccnc1CNC(=O)N[C@H]1CCCOC1. The Balaban J connectivity index is 1.76. The molecule has 2 N–H and O–H groups in total. The topological polar surface area (TPSA) is 68.2 Å². The molecule has 1 saturated heterocycles. The molecule has 6 nitrogen and oxygen atoms in total. The van der Waals surface area contributed by atoms with Gasteiger partial charge in [0, 0.05) is 25.5 Å². The summed E-state index contributed by atoms with van der Waals surface area (Å²) in [5.41, 5.74) is 0. The number of nitrogens with zero attached hydrogens (tertiary/aromatic N) is 2. The molecule has 2 amide bonds. The summed E-state index contributed by atoms with van der Waals surface area (Å²) in [7, 11) is 0. The van der Waals surface area contributed by atoms with Gasteiger partial charge in [-0.15, -0.1) is 0 Å². The first-order valence-electron chi connectivity index (χ1n) is 7.27. The smallest absolute Gasteiger partial charge is 0.315 e. The van der Waals surface area contributed by atoms with Gasteiger partial charge in [0.15, 0.2) is 0 Å². The standard InChI is InChI=1S/C14H24N4O2/c1-11(2)9-18-6-5-15-13(18)8-16-14(19)17-12-4-3-7-20-10-12/h5-6,11-12H,3-4,7-10H2,1-2H3,(H2,16,17,19)/t12-/m0/s1. The fourth-order valence-corrected chi connectivity index (χ4v) is 2.32. The van der Waals surface area contributed by atoms with Crippen LogP contribution in [0, 0.1) is 5.92 Å². The van der Waals surface area contributed by atoms with Crippen LogP contribution in [-0.2, 0) is 17.8 Å². The molecule has 1 aromatic rings. The maximum atomic E-state index is 11.8. The van der Waals surface area contributed by atoms with Crippen molar-refractivity contribution >= 4 is 6.03 Å². The van der Waals surface area contributed by atoms with Gasteiger partial charge in [0.1, 0.15) is 5.82 Å². The van der Waals surface area contributed by atoms with Gasteiger partial charge in [0.05, 0.1) is 19.2 Å². The molecule has 112 valence electrons. The van der Waals surface area contributed by atoms with E-state index >= 15 is 0 Å². The molecule has 1 atom stereocenters. The van der Waals surface area contributed by atoms with Crippen LogP contribution in [0.2, 0.25) is 0 Å². The molecular weight excluding hydrogens is 256 g/mol. The fourth-order valence-electron chi connectivity index (χ4n) is 2.32. The van der Waals surface area contributed by atoms with E-state index in [0.29, 0.717) is 19.1 Å². The molecule has 1 aromatic heterocycles. The first-order valence-corrected chi connectivity index (χ1v) is 7.27. The largest absolute Gasteiger partial charge is 0.379 e. The minimum atomic E-state index is -0.153. The van der Waals surface area contributed by atoms with Crippen molar-refractivity contribution in [3.63, 3.8) is 0 Å². The molecule has 20 heavy (non-hydrogen) atoms. The van der Waals surface area contributed by atoms with Crippen molar-refractivity contribution in [3.05, 3.63) is 18.2 Å². The van der Waals surface area contributed by atoms with Crippen LogP contribution in [0.1, 0.15) is 32.5 Å². The lowest BCUT2D eigenvalue weighted by Gasteiger charge is -2.23. The number of hydrogen-bond donors (Lipinski definition) is 2. The van der Waals surface area contributed by atoms with Gasteiger partial charge in [-0.2, -0.15) is 0 Å². The van der Waals surface area contributed by atoms with Gasteiger partial charge < -0.3 is 19.9 Å². The highest BCUT2D eigenvalue weighted by Gasteiger charge is 2.16. The van der Waals surface area contributed by atoms with Gasteiger partial charge >= 0.3 is 6.03 Å². The minimum Gasteiger partial charge on any atom is -0.379 e. The van der Waals surface area contributed by atoms with Gasteiger partial charge in [-0.05, 0) is 18.8 Å². The highest BCUT2D eigenvalue weighted by Crippen LogP contribution is 2.06. The van der Waals surface area contributed by atoms with Crippen molar-refractivity contribution in [2.75, 3.05) is 13.2 Å². The second-order valence-corrected chi connectivity index (χ2v) is 5.63. The van der Waals surface area contributed by atoms with Gasteiger partial charge in [-0.25, -0.2) is 9.78 Å². The Bertz CT molecular complexity index is 425. The number of imidazole rings is 1. The number of amides is 2. The normalized spacial score (nSPS) is 19.1. The van der Waals surface area contributed by atoms with E-state index in [4.69, 9.17) is 4.74 Å². The van der Waals surface area contributed by atoms with Gasteiger partial charge in [0.25, 0.3) is 0 Å². The summed E-state index contributed by atoms with van der Waals surface area (Å²) < 4.78 is 7.42. The highest BCUT2D eigenvalue weighted by atomic mass is 16.5. The van der Waals surface area contributed by atoms with Crippen LogP contribution in [-0.4, -0.2) is 34.8 Å². The third-order valence-electron chi connectivity index (χ3n) is 3.27. The molecule has 6 heteroatoms. The summed E-state index contributed by atoms with van der Waals surface area (Å²) in [6.45, 7) is 7.08. The predicted molar refractivity (Wildman–Crippen MR) is 76.3 cm³/mol. The Morgan fingerprint density at radius 1 is 1.60 bits per heavy atom. The van der Waals surface area contributed by atoms with E-state index in [0.717, 1.165) is 31.8 Å². The van der Waals surface area contributed by atoms with Crippen molar-refractivity contribution < 1.29 is 9.53 Å². The summed E-state index contributed by atoms with van der Waals surface area (Å²) in [6.07, 6.45) is 5.70. The Kier molecular flexibility index (Phi) is 5.40. The molecule has 1 aliphatic rings. The zero-order valence-electron chi connectivity index (χ0n) is 12.3. The second-order valence-electron chi connectivity index (χ2n) is 5.63. The summed E-state index contributed by atoms with van der Waals surface area (Å²) in [6, 6.07) is -0.0289. The number of carbonyl (C=O) groups is 1. The quantitative estimate of drug-likeness (QED) is 0.859. The number of rotatable bonds is 5. The maximum absolute atomic E-state index is 11.8. The van der Waals surface area contributed by atoms with Crippen molar-refractivity contribution in [1.29, 1.82) is 0 Å². The van der Waals surface area contributed by atoms with Crippen molar-refractivity contribution in [2.24, 2.45) is 5.92 Å². The molecule has 0 bridgehead atoms. The third-order valence-corrected chi connectivity index (χ3v) is 3.27. The van der Waals surface area contributed by atoms with E-state index in [1.54, 1.807) is 6.20 Å². The average Bonchev–Trinajstić information content (AvgIpc) is 2.84. The van der Waals surface area contributed by atoms with E-state index < -0.39 is 0 Å². The van der Waals surface area contributed by atoms with Crippen LogP contribution >= 0.6 is 0 Å². The Morgan fingerprint density at radius 2 is 2.45 bits per heavy atom. The summed E-state index contributed by atoms with van der Waals surface area (Å²) in [5.74, 6) is 1.44. The molecule has 1 fully saturated rings. The first-order chi connectivity index (χ1) is 9.65. The summed E-state index contributed by atoms with van der Waals surface area (Å²) in [5, 5.41) is 5.79. The molecule has 0 spiro atoms. The van der Waals surface area contributed by atoms with E-state index in [1.165, 1.54) is 0 Å². The highest BCUT2D eigenvalue weighted by molar-refractivity contribution is 5.74. The van der Waals surface area contributed by atoms with Crippen molar-refractivity contribution in [3.8, 4) is 0 Å². The molecule has 1 aliphatic heterocycles. The van der Waals surface area contributed by atoms with Crippen LogP contribution in [0.25, 0.3) is 0 Å². The number of ether oxygens (including phenoxy) is 1. The minimum absolute atomic E-state index is 0.124. The number of aromatic nitrogens is 2. The molecular formula is C14H24N4O2. The van der Waals surface area contributed by atoms with Gasteiger partial charge in [0.2, 0.25) is 0 Å². The molecule has 0 aromatic carbocycles. The van der Waals surface area contributed by atoms with Crippen molar-refractivity contribution in [2.45, 2.75) is 45.8 Å². The monoisotopic (exact) mass is 280 g/mol. The van der Waals surface area contributed by atoms with E-state index in [1.807, 2.05) is 6.20 Å². The Morgan fingerprint density at radius 3 is 3.15 bits per heavy atom. The zero-order valence-corrected chi connectivity index (χ0v) is 12.3. The second kappa shape index (κ2) is 7.28. The molecule has 2 heterocycles. The maximum Gasteiger partial charge on any atom is 0.315 e. The summed E-state index contributed by atoms with van der Waals surface area (Å²) in [4.78, 5) is 16.1. The first kappa shape index (κ1) is 14.8.